The summed E-state index contributed by atoms with van der Waals surface area (Å²) < 4.78 is 0. The van der Waals surface area contributed by atoms with E-state index in [0.717, 1.165) is 49.6 Å². The van der Waals surface area contributed by atoms with Crippen LogP contribution in [0.5, 0.6) is 0 Å². The summed E-state index contributed by atoms with van der Waals surface area (Å²) in [5.74, 6) is 2.46. The molecule has 0 radical (unpaired) electrons. The summed E-state index contributed by atoms with van der Waals surface area (Å²) in [6, 6.07) is 3.87. The van der Waals surface area contributed by atoms with Gasteiger partial charge in [-0.3, -0.25) is 5.10 Å². The standard InChI is InChI=1S/C13H20N6/c1-2-15-12-9-10(6-8-16-12)13-17-11(18-19-13)5-3-4-7-14/h6,8-9H,2-5,7,14H2,1H3,(H,15,16)(H,17,18,19). The minimum Gasteiger partial charge on any atom is -0.370 e. The zero-order valence-corrected chi connectivity index (χ0v) is 11.2. The Morgan fingerprint density at radius 2 is 2.26 bits per heavy atom. The monoisotopic (exact) mass is 260 g/mol. The van der Waals surface area contributed by atoms with Crippen LogP contribution in [0.1, 0.15) is 25.6 Å². The quantitative estimate of drug-likeness (QED) is 0.657. The van der Waals surface area contributed by atoms with Crippen LogP contribution in [-0.2, 0) is 6.42 Å². The van der Waals surface area contributed by atoms with Crippen LogP contribution in [-0.4, -0.2) is 33.3 Å². The van der Waals surface area contributed by atoms with Gasteiger partial charge in [0.15, 0.2) is 5.82 Å². The molecule has 0 unspecified atom stereocenters. The highest BCUT2D eigenvalue weighted by Crippen LogP contribution is 2.17. The van der Waals surface area contributed by atoms with Crippen molar-refractivity contribution in [2.45, 2.75) is 26.2 Å². The predicted molar refractivity (Wildman–Crippen MR) is 75.8 cm³/mol. The minimum absolute atomic E-state index is 0.712. The molecule has 0 fully saturated rings. The highest BCUT2D eigenvalue weighted by Gasteiger charge is 2.06. The second-order valence-corrected chi connectivity index (χ2v) is 4.31. The normalized spacial score (nSPS) is 10.6. The fraction of sp³-hybridized carbons (Fsp3) is 0.462. The SMILES string of the molecule is CCNc1cc(-c2n[nH]c(CCCCN)n2)ccn1. The van der Waals surface area contributed by atoms with Crippen molar-refractivity contribution in [3.63, 3.8) is 0 Å². The Labute approximate surface area is 112 Å². The van der Waals surface area contributed by atoms with Crippen molar-refractivity contribution in [3.8, 4) is 11.4 Å². The van der Waals surface area contributed by atoms with Crippen molar-refractivity contribution >= 4 is 5.82 Å². The number of nitrogens with zero attached hydrogens (tertiary/aromatic N) is 3. The van der Waals surface area contributed by atoms with Crippen molar-refractivity contribution in [2.24, 2.45) is 5.73 Å². The van der Waals surface area contributed by atoms with Crippen molar-refractivity contribution in [2.75, 3.05) is 18.4 Å². The van der Waals surface area contributed by atoms with E-state index < -0.39 is 0 Å². The van der Waals surface area contributed by atoms with Gasteiger partial charge in [-0.2, -0.15) is 5.10 Å². The Morgan fingerprint density at radius 1 is 1.37 bits per heavy atom. The van der Waals surface area contributed by atoms with Crippen molar-refractivity contribution in [3.05, 3.63) is 24.2 Å². The fourth-order valence-electron chi connectivity index (χ4n) is 1.82. The molecule has 0 bridgehead atoms. The number of H-pyrrole nitrogens is 1. The first-order valence-electron chi connectivity index (χ1n) is 6.65. The maximum absolute atomic E-state index is 5.47. The van der Waals surface area contributed by atoms with Crippen LogP contribution in [0.2, 0.25) is 0 Å². The first-order valence-corrected chi connectivity index (χ1v) is 6.65. The molecule has 6 nitrogen and oxygen atoms in total. The van der Waals surface area contributed by atoms with Crippen molar-refractivity contribution < 1.29 is 0 Å². The van der Waals surface area contributed by atoms with Crippen LogP contribution in [0, 0.1) is 0 Å². The van der Waals surface area contributed by atoms with Crippen molar-refractivity contribution in [1.29, 1.82) is 0 Å². The van der Waals surface area contributed by atoms with Gasteiger partial charge in [0.25, 0.3) is 0 Å². The van der Waals surface area contributed by atoms with E-state index in [1.165, 1.54) is 0 Å². The molecule has 0 atom stereocenters. The molecule has 2 aromatic rings. The van der Waals surface area contributed by atoms with Crippen LogP contribution >= 0.6 is 0 Å². The maximum atomic E-state index is 5.47. The highest BCUT2D eigenvalue weighted by molar-refractivity contribution is 5.59. The molecule has 19 heavy (non-hydrogen) atoms. The van der Waals surface area contributed by atoms with E-state index in [4.69, 9.17) is 5.73 Å². The highest BCUT2D eigenvalue weighted by atomic mass is 15.2. The lowest BCUT2D eigenvalue weighted by Crippen LogP contribution is -1.99. The summed E-state index contributed by atoms with van der Waals surface area (Å²) in [4.78, 5) is 8.72. The van der Waals surface area contributed by atoms with E-state index in [1.54, 1.807) is 6.20 Å². The zero-order valence-electron chi connectivity index (χ0n) is 11.2. The number of rotatable bonds is 7. The third kappa shape index (κ3) is 3.75. The second kappa shape index (κ2) is 6.84. The smallest absolute Gasteiger partial charge is 0.181 e. The van der Waals surface area contributed by atoms with Crippen LogP contribution in [0.15, 0.2) is 18.3 Å². The molecule has 0 spiro atoms. The summed E-state index contributed by atoms with van der Waals surface area (Å²) in [5, 5.41) is 10.4. The molecule has 2 rings (SSSR count). The lowest BCUT2D eigenvalue weighted by molar-refractivity contribution is 0.718. The summed E-state index contributed by atoms with van der Waals surface area (Å²) >= 11 is 0. The first kappa shape index (κ1) is 13.5. The number of unbranched alkanes of at least 4 members (excludes halogenated alkanes) is 1. The molecule has 0 aliphatic heterocycles. The van der Waals surface area contributed by atoms with E-state index in [1.807, 2.05) is 19.1 Å². The zero-order chi connectivity index (χ0) is 13.5. The van der Waals surface area contributed by atoms with Gasteiger partial charge in [0.2, 0.25) is 0 Å². The van der Waals surface area contributed by atoms with Gasteiger partial charge in [0, 0.05) is 24.7 Å². The lowest BCUT2D eigenvalue weighted by atomic mass is 10.2. The number of nitrogens with one attached hydrogen (secondary N) is 2. The minimum atomic E-state index is 0.712. The van der Waals surface area contributed by atoms with Crippen LogP contribution in [0.4, 0.5) is 5.82 Å². The molecular weight excluding hydrogens is 240 g/mol. The summed E-state index contributed by atoms with van der Waals surface area (Å²) in [6.07, 6.45) is 4.69. The van der Waals surface area contributed by atoms with Gasteiger partial charge in [-0.05, 0) is 38.4 Å². The van der Waals surface area contributed by atoms with Crippen LogP contribution in [0.25, 0.3) is 11.4 Å². The lowest BCUT2D eigenvalue weighted by Gasteiger charge is -2.02. The van der Waals surface area contributed by atoms with Gasteiger partial charge >= 0.3 is 0 Å². The Morgan fingerprint density at radius 3 is 3.05 bits per heavy atom. The van der Waals surface area contributed by atoms with Crippen LogP contribution in [0.3, 0.4) is 0 Å². The topological polar surface area (TPSA) is 92.5 Å². The molecule has 2 heterocycles. The van der Waals surface area contributed by atoms with E-state index in [0.29, 0.717) is 5.82 Å². The number of aromatic amines is 1. The first-order chi connectivity index (χ1) is 9.33. The van der Waals surface area contributed by atoms with E-state index in [9.17, 15) is 0 Å². The maximum Gasteiger partial charge on any atom is 0.181 e. The number of pyridine rings is 1. The Balaban J connectivity index is 2.07. The Hall–Kier alpha value is -1.95. The molecule has 0 saturated heterocycles. The third-order valence-corrected chi connectivity index (χ3v) is 2.78. The summed E-state index contributed by atoms with van der Waals surface area (Å²) in [6.45, 7) is 3.60. The van der Waals surface area contributed by atoms with Crippen molar-refractivity contribution in [1.82, 2.24) is 20.2 Å². The van der Waals surface area contributed by atoms with E-state index in [-0.39, 0.29) is 0 Å². The van der Waals surface area contributed by atoms with Crippen LogP contribution < -0.4 is 11.1 Å². The van der Waals surface area contributed by atoms with Gasteiger partial charge < -0.3 is 11.1 Å². The van der Waals surface area contributed by atoms with Gasteiger partial charge in [0.05, 0.1) is 0 Å². The average molecular weight is 260 g/mol. The third-order valence-electron chi connectivity index (χ3n) is 2.78. The number of hydrogen-bond donors (Lipinski definition) is 3. The summed E-state index contributed by atoms with van der Waals surface area (Å²) in [5.41, 5.74) is 6.44. The molecule has 0 amide bonds. The molecule has 2 aromatic heterocycles. The number of hydrogen-bond acceptors (Lipinski definition) is 5. The number of nitrogens with two attached hydrogens (primary N) is 1. The molecule has 0 aliphatic rings. The molecule has 0 aliphatic carbocycles. The van der Waals surface area contributed by atoms with Gasteiger partial charge in [-0.25, -0.2) is 9.97 Å². The molecule has 0 saturated carbocycles. The molecule has 102 valence electrons. The van der Waals surface area contributed by atoms with Gasteiger partial charge in [-0.1, -0.05) is 0 Å². The fourth-order valence-corrected chi connectivity index (χ4v) is 1.82. The molecule has 4 N–H and O–H groups in total. The number of aryl methyl sites for hydroxylation is 1. The van der Waals surface area contributed by atoms with E-state index in [2.05, 4.69) is 25.5 Å². The van der Waals surface area contributed by atoms with Gasteiger partial charge in [-0.15, -0.1) is 0 Å². The largest absolute Gasteiger partial charge is 0.370 e. The Bertz CT molecular complexity index is 507. The second-order valence-electron chi connectivity index (χ2n) is 4.31. The number of aromatic nitrogens is 4. The van der Waals surface area contributed by atoms with E-state index >= 15 is 0 Å². The molecular formula is C13H20N6. The average Bonchev–Trinajstić information content (AvgIpc) is 2.89. The van der Waals surface area contributed by atoms with Gasteiger partial charge in [0.1, 0.15) is 11.6 Å². The summed E-state index contributed by atoms with van der Waals surface area (Å²) in [7, 11) is 0. The Kier molecular flexibility index (Phi) is 4.85. The predicted octanol–water partition coefficient (Wildman–Crippen LogP) is 1.58. The molecule has 6 heteroatoms. The number of anilines is 1. The molecule has 0 aromatic carbocycles.